The fraction of sp³-hybridized carbons (Fsp3) is 0.944. The van der Waals surface area contributed by atoms with Crippen LogP contribution in [0, 0.1) is 17.8 Å². The molecule has 6 unspecified atom stereocenters. The van der Waals surface area contributed by atoms with Gasteiger partial charge in [0.2, 0.25) is 5.91 Å². The van der Waals surface area contributed by atoms with Crippen LogP contribution in [-0.2, 0) is 15.0 Å². The van der Waals surface area contributed by atoms with E-state index < -0.39 is 41.0 Å². The lowest BCUT2D eigenvalue weighted by Crippen LogP contribution is -2.59. The second-order valence-corrected chi connectivity index (χ2v) is 10.1. The monoisotopic (exact) mass is 405 g/mol. The Morgan fingerprint density at radius 3 is 2.74 bits per heavy atom. The molecule has 27 heavy (non-hydrogen) atoms. The standard InChI is InChI=1S/C18H32FN3O4S/c1-3-11(2)6-7-20-13-5-4-12-8-15(23)18(17(19)14(12)9-13)22-10-16(24)21-27(22,25)26/h11-15,17-18,20,23H,3-10H2,1-2H3,(H,21,24)/t11?,12?,13-,14?,15?,17?,18?/m1/s1. The van der Waals surface area contributed by atoms with Gasteiger partial charge in [-0.05, 0) is 56.4 Å². The molecule has 9 heteroatoms. The molecule has 0 spiro atoms. The number of amides is 1. The molecule has 7 nitrogen and oxygen atoms in total. The number of nitrogens with one attached hydrogen (secondary N) is 2. The molecule has 156 valence electrons. The summed E-state index contributed by atoms with van der Waals surface area (Å²) in [4.78, 5) is 11.5. The maximum atomic E-state index is 15.4. The van der Waals surface area contributed by atoms with Crippen LogP contribution in [0.3, 0.4) is 0 Å². The summed E-state index contributed by atoms with van der Waals surface area (Å²) < 4.78 is 42.3. The number of nitrogens with zero attached hydrogens (tertiary/aromatic N) is 1. The van der Waals surface area contributed by atoms with Crippen LogP contribution >= 0.6 is 0 Å². The first-order valence-corrected chi connectivity index (χ1v) is 11.5. The first kappa shape index (κ1) is 21.0. The van der Waals surface area contributed by atoms with E-state index in [1.54, 1.807) is 0 Å². The van der Waals surface area contributed by atoms with Crippen LogP contribution in [0.1, 0.15) is 52.4 Å². The van der Waals surface area contributed by atoms with Gasteiger partial charge < -0.3 is 10.4 Å². The molecule has 1 amide bonds. The number of hydrogen-bond acceptors (Lipinski definition) is 5. The second-order valence-electron chi connectivity index (χ2n) is 8.50. The quantitative estimate of drug-likeness (QED) is 0.611. The van der Waals surface area contributed by atoms with E-state index in [0.29, 0.717) is 18.8 Å². The zero-order chi connectivity index (χ0) is 19.8. The van der Waals surface area contributed by atoms with Gasteiger partial charge in [0.05, 0.1) is 18.7 Å². The third kappa shape index (κ3) is 4.46. The molecule has 2 saturated carbocycles. The Kier molecular flexibility index (Phi) is 6.45. The molecular formula is C18H32FN3O4S. The van der Waals surface area contributed by atoms with Crippen molar-refractivity contribution in [2.24, 2.45) is 17.8 Å². The van der Waals surface area contributed by atoms with Crippen molar-refractivity contribution in [1.29, 1.82) is 0 Å². The molecule has 1 heterocycles. The van der Waals surface area contributed by atoms with Crippen LogP contribution in [0.5, 0.6) is 0 Å². The van der Waals surface area contributed by atoms with E-state index in [0.717, 1.165) is 36.5 Å². The number of carbonyl (C=O) groups excluding carboxylic acids is 1. The molecule has 1 saturated heterocycles. The zero-order valence-electron chi connectivity index (χ0n) is 16.1. The molecule has 3 N–H and O–H groups in total. The van der Waals surface area contributed by atoms with Gasteiger partial charge in [-0.15, -0.1) is 0 Å². The van der Waals surface area contributed by atoms with Crippen molar-refractivity contribution >= 4 is 16.1 Å². The summed E-state index contributed by atoms with van der Waals surface area (Å²) in [7, 11) is -4.06. The van der Waals surface area contributed by atoms with E-state index in [2.05, 4.69) is 19.2 Å². The van der Waals surface area contributed by atoms with Gasteiger partial charge in [0.15, 0.2) is 0 Å². The smallest absolute Gasteiger partial charge is 0.304 e. The highest BCUT2D eigenvalue weighted by molar-refractivity contribution is 7.88. The highest BCUT2D eigenvalue weighted by atomic mass is 32.2. The van der Waals surface area contributed by atoms with E-state index in [4.69, 9.17) is 0 Å². The van der Waals surface area contributed by atoms with Gasteiger partial charge >= 0.3 is 10.2 Å². The maximum Gasteiger partial charge on any atom is 0.304 e. The van der Waals surface area contributed by atoms with Crippen LogP contribution in [0.25, 0.3) is 0 Å². The van der Waals surface area contributed by atoms with Gasteiger partial charge in [-0.25, -0.2) is 9.11 Å². The first-order valence-electron chi connectivity index (χ1n) is 10.1. The van der Waals surface area contributed by atoms with Crippen LogP contribution in [0.2, 0.25) is 0 Å². The Balaban J connectivity index is 1.65. The van der Waals surface area contributed by atoms with Crippen LogP contribution in [0.15, 0.2) is 0 Å². The molecule has 2 aliphatic carbocycles. The Labute approximate surface area is 161 Å². The van der Waals surface area contributed by atoms with Crippen LogP contribution in [0.4, 0.5) is 4.39 Å². The molecule has 0 aromatic heterocycles. The number of fused-ring (bicyclic) bond motifs is 1. The highest BCUT2D eigenvalue weighted by Crippen LogP contribution is 2.44. The van der Waals surface area contributed by atoms with Crippen molar-refractivity contribution in [2.45, 2.75) is 76.7 Å². The molecule has 7 atom stereocenters. The summed E-state index contributed by atoms with van der Waals surface area (Å²) in [5, 5.41) is 14.0. The number of aliphatic hydroxyl groups excluding tert-OH is 1. The summed E-state index contributed by atoms with van der Waals surface area (Å²) in [5.41, 5.74) is 0. The summed E-state index contributed by atoms with van der Waals surface area (Å²) in [5.74, 6) is -0.251. The van der Waals surface area contributed by atoms with Crippen molar-refractivity contribution < 1.29 is 22.7 Å². The van der Waals surface area contributed by atoms with Crippen molar-refractivity contribution in [1.82, 2.24) is 14.3 Å². The highest BCUT2D eigenvalue weighted by Gasteiger charge is 2.53. The normalized spacial score (nSPS) is 40.4. The van der Waals surface area contributed by atoms with E-state index in [9.17, 15) is 18.3 Å². The zero-order valence-corrected chi connectivity index (χ0v) is 16.9. The Morgan fingerprint density at radius 1 is 1.37 bits per heavy atom. The molecule has 0 radical (unpaired) electrons. The van der Waals surface area contributed by atoms with Gasteiger partial charge in [-0.3, -0.25) is 4.79 Å². The maximum absolute atomic E-state index is 15.4. The van der Waals surface area contributed by atoms with E-state index in [1.807, 2.05) is 4.72 Å². The molecule has 3 fully saturated rings. The van der Waals surface area contributed by atoms with Crippen LogP contribution < -0.4 is 10.0 Å². The minimum Gasteiger partial charge on any atom is -0.391 e. The summed E-state index contributed by atoms with van der Waals surface area (Å²) in [6.07, 6.45) is 2.48. The minimum absolute atomic E-state index is 0.0628. The SMILES string of the molecule is CCC(C)CCN[C@@H]1CCC2CC(O)C(N3CC(=O)NS3(=O)=O)C(F)C2C1. The lowest BCUT2D eigenvalue weighted by molar-refractivity contribution is -0.119. The van der Waals surface area contributed by atoms with Gasteiger partial charge in [-0.2, -0.15) is 12.7 Å². The largest absolute Gasteiger partial charge is 0.391 e. The number of alkyl halides is 1. The number of halogens is 1. The number of aliphatic hydroxyl groups is 1. The predicted molar refractivity (Wildman–Crippen MR) is 99.8 cm³/mol. The average Bonchev–Trinajstić information content (AvgIpc) is 2.87. The molecule has 0 aromatic carbocycles. The van der Waals surface area contributed by atoms with Crippen LogP contribution in [-0.4, -0.2) is 61.2 Å². The lowest BCUT2D eigenvalue weighted by Gasteiger charge is -2.48. The molecule has 0 aromatic rings. The minimum atomic E-state index is -4.06. The summed E-state index contributed by atoms with van der Waals surface area (Å²) >= 11 is 0. The molecule has 0 bridgehead atoms. The Bertz CT molecular complexity index is 647. The van der Waals surface area contributed by atoms with Gasteiger partial charge in [-0.1, -0.05) is 20.3 Å². The molecule has 1 aliphatic heterocycles. The summed E-state index contributed by atoms with van der Waals surface area (Å²) in [6, 6.07) is -0.964. The summed E-state index contributed by atoms with van der Waals surface area (Å²) in [6.45, 7) is 4.87. The van der Waals surface area contributed by atoms with Crippen molar-refractivity contribution in [2.75, 3.05) is 13.1 Å². The second kappa shape index (κ2) is 8.31. The number of hydrogen-bond donors (Lipinski definition) is 3. The Morgan fingerprint density at radius 2 is 2.11 bits per heavy atom. The molecule has 3 aliphatic rings. The van der Waals surface area contributed by atoms with Crippen molar-refractivity contribution in [3.63, 3.8) is 0 Å². The van der Waals surface area contributed by atoms with Crippen molar-refractivity contribution in [3.8, 4) is 0 Å². The fourth-order valence-electron chi connectivity index (χ4n) is 4.87. The average molecular weight is 406 g/mol. The van der Waals surface area contributed by atoms with Crippen molar-refractivity contribution in [3.05, 3.63) is 0 Å². The molecule has 3 rings (SSSR count). The number of rotatable bonds is 6. The topological polar surface area (TPSA) is 98.7 Å². The van der Waals surface area contributed by atoms with Gasteiger partial charge in [0.1, 0.15) is 6.17 Å². The van der Waals surface area contributed by atoms with Gasteiger partial charge in [0, 0.05) is 6.04 Å². The fourth-order valence-corrected chi connectivity index (χ4v) is 6.20. The van der Waals surface area contributed by atoms with Gasteiger partial charge in [0.25, 0.3) is 0 Å². The Hall–Kier alpha value is -0.770. The lowest BCUT2D eigenvalue weighted by atomic mass is 9.66. The van der Waals surface area contributed by atoms with E-state index in [-0.39, 0.29) is 17.9 Å². The number of carbonyl (C=O) groups is 1. The third-order valence-corrected chi connectivity index (χ3v) is 8.15. The predicted octanol–water partition coefficient (Wildman–Crippen LogP) is 0.945. The third-order valence-electron chi connectivity index (χ3n) is 6.67. The van der Waals surface area contributed by atoms with E-state index >= 15 is 4.39 Å². The van der Waals surface area contributed by atoms with E-state index in [1.165, 1.54) is 0 Å². The first-order chi connectivity index (χ1) is 12.7. The molecular weight excluding hydrogens is 373 g/mol.